The average Bonchev–Trinajstić information content (AvgIpc) is 2.59. The van der Waals surface area contributed by atoms with Crippen molar-refractivity contribution < 1.29 is 19.0 Å². The second-order valence-corrected chi connectivity index (χ2v) is 7.05. The fraction of sp³-hybridized carbons (Fsp3) is 0.409. The summed E-state index contributed by atoms with van der Waals surface area (Å²) in [4.78, 5) is 12.0. The Morgan fingerprint density at radius 2 is 1.96 bits per heavy atom. The predicted octanol–water partition coefficient (Wildman–Crippen LogP) is 5.36. The van der Waals surface area contributed by atoms with Crippen LogP contribution >= 0.6 is 0 Å². The van der Waals surface area contributed by atoms with Crippen molar-refractivity contribution in [3.05, 3.63) is 51.9 Å². The van der Waals surface area contributed by atoms with Gasteiger partial charge in [-0.1, -0.05) is 23.3 Å². The summed E-state index contributed by atoms with van der Waals surface area (Å²) in [5.41, 5.74) is 1.97. The van der Waals surface area contributed by atoms with E-state index in [2.05, 4.69) is 26.8 Å². The molecule has 0 fully saturated rings. The van der Waals surface area contributed by atoms with Crippen molar-refractivity contribution >= 4 is 11.0 Å². The Hall–Kier alpha value is -2.69. The molecule has 0 bridgehead atoms. The van der Waals surface area contributed by atoms with Gasteiger partial charge in [-0.25, -0.2) is 4.79 Å². The third kappa shape index (κ3) is 5.64. The first kappa shape index (κ1) is 20.6. The van der Waals surface area contributed by atoms with Crippen molar-refractivity contribution in [1.29, 1.82) is 0 Å². The molecule has 2 aromatic rings. The fourth-order valence-corrected chi connectivity index (χ4v) is 2.59. The van der Waals surface area contributed by atoms with Crippen LogP contribution in [0.2, 0.25) is 0 Å². The molecule has 1 aromatic carbocycles. The van der Waals surface area contributed by atoms with Crippen LogP contribution in [0.1, 0.15) is 47.5 Å². The Bertz CT molecular complexity index is 899. The van der Waals surface area contributed by atoms with Crippen LogP contribution in [0.15, 0.2) is 50.7 Å². The van der Waals surface area contributed by atoms with E-state index in [1.807, 2.05) is 19.9 Å². The van der Waals surface area contributed by atoms with E-state index < -0.39 is 11.4 Å². The van der Waals surface area contributed by atoms with Crippen molar-refractivity contribution in [3.63, 3.8) is 0 Å². The van der Waals surface area contributed by atoms with Crippen molar-refractivity contribution in [1.82, 2.24) is 0 Å². The smallest absolute Gasteiger partial charge is 0.382 e. The first-order chi connectivity index (χ1) is 12.8. The van der Waals surface area contributed by atoms with Crippen molar-refractivity contribution in [2.24, 2.45) is 0 Å². The molecule has 27 heavy (non-hydrogen) atoms. The van der Waals surface area contributed by atoms with E-state index in [1.165, 1.54) is 11.1 Å². The SMILES string of the molecule is CC(C)=CCC/C(C)=C/COc1cccc2c(OC(C)C)c(O)c(=O)oc12. The number of ether oxygens (including phenoxy) is 2. The molecule has 0 amide bonds. The quantitative estimate of drug-likeness (QED) is 0.499. The Morgan fingerprint density at radius 1 is 1.22 bits per heavy atom. The predicted molar refractivity (Wildman–Crippen MR) is 108 cm³/mol. The third-order valence-corrected chi connectivity index (χ3v) is 3.94. The van der Waals surface area contributed by atoms with Gasteiger partial charge in [-0.15, -0.1) is 0 Å². The van der Waals surface area contributed by atoms with Gasteiger partial charge in [0, 0.05) is 0 Å². The largest absolute Gasteiger partial charge is 0.499 e. The van der Waals surface area contributed by atoms with E-state index >= 15 is 0 Å². The van der Waals surface area contributed by atoms with Gasteiger partial charge in [-0.2, -0.15) is 0 Å². The summed E-state index contributed by atoms with van der Waals surface area (Å²) in [6, 6.07) is 5.23. The number of fused-ring (bicyclic) bond motifs is 1. The van der Waals surface area contributed by atoms with Crippen molar-refractivity contribution in [2.45, 2.75) is 53.6 Å². The summed E-state index contributed by atoms with van der Waals surface area (Å²) in [5, 5.41) is 10.5. The zero-order chi connectivity index (χ0) is 20.0. The minimum atomic E-state index is -0.845. The summed E-state index contributed by atoms with van der Waals surface area (Å²) >= 11 is 0. The van der Waals surface area contributed by atoms with E-state index in [0.29, 0.717) is 17.7 Å². The lowest BCUT2D eigenvalue weighted by Crippen LogP contribution is -2.10. The van der Waals surface area contributed by atoms with Gasteiger partial charge in [0.1, 0.15) is 6.61 Å². The Balaban J connectivity index is 2.23. The van der Waals surface area contributed by atoms with Gasteiger partial charge in [0.25, 0.3) is 0 Å². The summed E-state index contributed by atoms with van der Waals surface area (Å²) in [7, 11) is 0. The minimum Gasteiger partial charge on any atom is -0.499 e. The number of hydrogen-bond acceptors (Lipinski definition) is 5. The molecule has 0 aliphatic rings. The number of allylic oxidation sites excluding steroid dienone is 3. The standard InChI is InChI=1S/C22H28O5/c1-14(2)8-6-9-16(5)12-13-25-18-11-7-10-17-20(18)27-22(24)19(23)21(17)26-15(3)4/h7-8,10-12,15,23H,6,9,13H2,1-5H3/b16-12+. The van der Waals surface area contributed by atoms with Crippen molar-refractivity contribution in [2.75, 3.05) is 6.61 Å². The second kappa shape index (κ2) is 9.31. The molecule has 0 unspecified atom stereocenters. The normalized spacial score (nSPS) is 11.7. The molecule has 0 aliphatic carbocycles. The maximum Gasteiger partial charge on any atom is 0.382 e. The highest BCUT2D eigenvalue weighted by Gasteiger charge is 2.18. The summed E-state index contributed by atoms with van der Waals surface area (Å²) in [5.74, 6) is 0.0325. The Morgan fingerprint density at radius 3 is 2.63 bits per heavy atom. The molecular weight excluding hydrogens is 344 g/mol. The van der Waals surface area contributed by atoms with Gasteiger partial charge in [0.05, 0.1) is 11.5 Å². The first-order valence-corrected chi connectivity index (χ1v) is 9.16. The highest BCUT2D eigenvalue weighted by Crippen LogP contribution is 2.36. The molecule has 0 saturated heterocycles. The highest BCUT2D eigenvalue weighted by atomic mass is 16.5. The lowest BCUT2D eigenvalue weighted by atomic mass is 10.1. The lowest BCUT2D eigenvalue weighted by Gasteiger charge is -2.14. The van der Waals surface area contributed by atoms with Gasteiger partial charge in [-0.05, 0) is 65.7 Å². The molecule has 2 rings (SSSR count). The fourth-order valence-electron chi connectivity index (χ4n) is 2.59. The molecule has 0 saturated carbocycles. The molecule has 0 aliphatic heterocycles. The molecule has 5 heteroatoms. The monoisotopic (exact) mass is 372 g/mol. The van der Waals surface area contributed by atoms with Crippen LogP contribution in [-0.4, -0.2) is 17.8 Å². The molecular formula is C22H28O5. The van der Waals surface area contributed by atoms with Gasteiger partial charge in [0.2, 0.25) is 5.75 Å². The van der Waals surface area contributed by atoms with E-state index in [9.17, 15) is 9.90 Å². The van der Waals surface area contributed by atoms with Gasteiger partial charge in [0.15, 0.2) is 17.1 Å². The summed E-state index contributed by atoms with van der Waals surface area (Å²) in [6.45, 7) is 10.3. The van der Waals surface area contributed by atoms with Gasteiger partial charge < -0.3 is 19.0 Å². The van der Waals surface area contributed by atoms with E-state index in [4.69, 9.17) is 13.9 Å². The maximum absolute atomic E-state index is 12.0. The molecule has 0 radical (unpaired) electrons. The summed E-state index contributed by atoms with van der Waals surface area (Å²) in [6.07, 6.45) is 6.00. The molecule has 146 valence electrons. The lowest BCUT2D eigenvalue weighted by molar-refractivity contribution is 0.231. The average molecular weight is 372 g/mol. The van der Waals surface area contributed by atoms with Crippen LogP contribution in [0.4, 0.5) is 0 Å². The second-order valence-electron chi connectivity index (χ2n) is 7.05. The number of hydrogen-bond donors (Lipinski definition) is 1. The molecule has 0 spiro atoms. The van der Waals surface area contributed by atoms with Gasteiger partial charge in [-0.3, -0.25) is 0 Å². The Labute approximate surface area is 159 Å². The van der Waals surface area contributed by atoms with Gasteiger partial charge >= 0.3 is 5.63 Å². The van der Waals surface area contributed by atoms with Crippen LogP contribution < -0.4 is 15.1 Å². The highest BCUT2D eigenvalue weighted by molar-refractivity contribution is 5.89. The molecule has 0 atom stereocenters. The number of rotatable bonds is 8. The van der Waals surface area contributed by atoms with Crippen LogP contribution in [0.25, 0.3) is 11.0 Å². The zero-order valence-corrected chi connectivity index (χ0v) is 16.7. The number of benzene rings is 1. The minimum absolute atomic E-state index is 0.121. The summed E-state index contributed by atoms with van der Waals surface area (Å²) < 4.78 is 16.7. The van der Waals surface area contributed by atoms with Crippen LogP contribution in [0, 0.1) is 0 Å². The van der Waals surface area contributed by atoms with Crippen LogP contribution in [-0.2, 0) is 0 Å². The number of para-hydroxylation sites is 1. The Kier molecular flexibility index (Phi) is 7.11. The molecule has 1 aromatic heterocycles. The van der Waals surface area contributed by atoms with E-state index in [-0.39, 0.29) is 17.4 Å². The maximum atomic E-state index is 12.0. The van der Waals surface area contributed by atoms with E-state index in [0.717, 1.165) is 12.8 Å². The zero-order valence-electron chi connectivity index (χ0n) is 16.7. The third-order valence-electron chi connectivity index (χ3n) is 3.94. The molecule has 1 heterocycles. The first-order valence-electron chi connectivity index (χ1n) is 9.16. The van der Waals surface area contributed by atoms with Crippen LogP contribution in [0.5, 0.6) is 17.2 Å². The van der Waals surface area contributed by atoms with Crippen LogP contribution in [0.3, 0.4) is 0 Å². The van der Waals surface area contributed by atoms with Crippen molar-refractivity contribution in [3.8, 4) is 17.2 Å². The number of aromatic hydroxyl groups is 1. The molecule has 5 nitrogen and oxygen atoms in total. The topological polar surface area (TPSA) is 68.9 Å². The van der Waals surface area contributed by atoms with E-state index in [1.54, 1.807) is 18.2 Å². The molecule has 1 N–H and O–H groups in total.